The third-order valence-electron chi connectivity index (χ3n) is 4.30. The van der Waals surface area contributed by atoms with E-state index in [1.807, 2.05) is 18.2 Å². The van der Waals surface area contributed by atoms with Crippen LogP contribution in [0.25, 0.3) is 0 Å². The van der Waals surface area contributed by atoms with E-state index < -0.39 is 9.84 Å². The molecule has 1 aliphatic carbocycles. The van der Waals surface area contributed by atoms with Crippen LogP contribution in [0.1, 0.15) is 44.2 Å². The smallest absolute Gasteiger partial charge is 0.178 e. The Bertz CT molecular complexity index is 567. The van der Waals surface area contributed by atoms with Crippen molar-refractivity contribution in [3.63, 3.8) is 0 Å². The van der Waals surface area contributed by atoms with Crippen LogP contribution < -0.4 is 5.32 Å². The van der Waals surface area contributed by atoms with Crippen molar-refractivity contribution in [2.45, 2.75) is 49.6 Å². The van der Waals surface area contributed by atoms with Gasteiger partial charge in [-0.3, -0.25) is 0 Å². The number of sulfone groups is 1. The van der Waals surface area contributed by atoms with Gasteiger partial charge in [-0.25, -0.2) is 8.42 Å². The number of fused-ring (bicyclic) bond motifs is 1. The predicted molar refractivity (Wildman–Crippen MR) is 75.8 cm³/mol. The Hall–Kier alpha value is -0.870. The number of hydrogen-bond donors (Lipinski definition) is 1. The minimum atomic E-state index is -3.05. The van der Waals surface area contributed by atoms with E-state index in [1.165, 1.54) is 19.3 Å². The number of hydrogen-bond acceptors (Lipinski definition) is 3. The zero-order valence-electron chi connectivity index (χ0n) is 11.3. The summed E-state index contributed by atoms with van der Waals surface area (Å²) in [5, 5.41) is 3.66. The molecule has 3 nitrogen and oxygen atoms in total. The van der Waals surface area contributed by atoms with Gasteiger partial charge in [0.25, 0.3) is 0 Å². The summed E-state index contributed by atoms with van der Waals surface area (Å²) in [6.45, 7) is 2.22. The molecule has 104 valence electrons. The Labute approximate surface area is 115 Å². The van der Waals surface area contributed by atoms with Gasteiger partial charge >= 0.3 is 0 Å². The Morgan fingerprint density at radius 2 is 2.11 bits per heavy atom. The van der Waals surface area contributed by atoms with E-state index in [0.717, 1.165) is 11.5 Å². The van der Waals surface area contributed by atoms with Gasteiger partial charge in [0.2, 0.25) is 0 Å². The maximum atomic E-state index is 12.1. The topological polar surface area (TPSA) is 46.2 Å². The van der Waals surface area contributed by atoms with Crippen molar-refractivity contribution in [3.05, 3.63) is 29.8 Å². The molecular formula is C15H21NO2S. The van der Waals surface area contributed by atoms with E-state index in [0.29, 0.717) is 17.4 Å². The van der Waals surface area contributed by atoms with Crippen LogP contribution in [0.3, 0.4) is 0 Å². The fourth-order valence-corrected chi connectivity index (χ4v) is 4.78. The van der Waals surface area contributed by atoms with E-state index >= 15 is 0 Å². The average Bonchev–Trinajstić information content (AvgIpc) is 3.12. The van der Waals surface area contributed by atoms with Crippen LogP contribution in [-0.2, 0) is 9.84 Å². The second-order valence-electron chi connectivity index (χ2n) is 5.76. The standard InChI is InChI=1S/C15H21NO2S/c1-2-5-11-10-14(11)16-13-8-9-19(17,18)15-7-4-3-6-12(13)15/h3-4,6-7,11,13-14,16H,2,5,8-10H2,1H3. The summed E-state index contributed by atoms with van der Waals surface area (Å²) < 4.78 is 24.1. The van der Waals surface area contributed by atoms with Crippen molar-refractivity contribution in [2.24, 2.45) is 5.92 Å². The highest BCUT2D eigenvalue weighted by molar-refractivity contribution is 7.91. The third kappa shape index (κ3) is 2.56. The van der Waals surface area contributed by atoms with Gasteiger partial charge in [-0.1, -0.05) is 31.5 Å². The zero-order chi connectivity index (χ0) is 13.5. The van der Waals surface area contributed by atoms with Gasteiger partial charge in [0, 0.05) is 12.1 Å². The summed E-state index contributed by atoms with van der Waals surface area (Å²) >= 11 is 0. The van der Waals surface area contributed by atoms with E-state index in [9.17, 15) is 8.42 Å². The molecule has 3 rings (SSSR count). The molecule has 0 aromatic heterocycles. The van der Waals surface area contributed by atoms with E-state index in [-0.39, 0.29) is 11.8 Å². The number of rotatable bonds is 4. The SMILES string of the molecule is CCCC1CC1NC1CCS(=O)(=O)c2ccccc21. The highest BCUT2D eigenvalue weighted by atomic mass is 32.2. The third-order valence-corrected chi connectivity index (χ3v) is 6.12. The second kappa shape index (κ2) is 4.91. The first-order valence-electron chi connectivity index (χ1n) is 7.19. The molecule has 3 unspecified atom stereocenters. The molecule has 1 saturated carbocycles. The van der Waals surface area contributed by atoms with Crippen LogP contribution in [0.5, 0.6) is 0 Å². The van der Waals surface area contributed by atoms with Gasteiger partial charge < -0.3 is 5.32 Å². The fourth-order valence-electron chi connectivity index (χ4n) is 3.16. The van der Waals surface area contributed by atoms with E-state index in [4.69, 9.17) is 0 Å². The largest absolute Gasteiger partial charge is 0.307 e. The van der Waals surface area contributed by atoms with Gasteiger partial charge in [-0.05, 0) is 36.8 Å². The minimum absolute atomic E-state index is 0.214. The quantitative estimate of drug-likeness (QED) is 0.921. The van der Waals surface area contributed by atoms with Gasteiger partial charge in [0.15, 0.2) is 9.84 Å². The monoisotopic (exact) mass is 279 g/mol. The van der Waals surface area contributed by atoms with Crippen LogP contribution in [0.2, 0.25) is 0 Å². The van der Waals surface area contributed by atoms with Gasteiger partial charge in [0.05, 0.1) is 10.6 Å². The van der Waals surface area contributed by atoms with Crippen molar-refractivity contribution in [3.8, 4) is 0 Å². The normalized spacial score (nSPS) is 31.7. The van der Waals surface area contributed by atoms with Crippen molar-refractivity contribution in [1.29, 1.82) is 0 Å². The Morgan fingerprint density at radius 1 is 1.32 bits per heavy atom. The zero-order valence-corrected chi connectivity index (χ0v) is 12.1. The second-order valence-corrected chi connectivity index (χ2v) is 7.83. The summed E-state index contributed by atoms with van der Waals surface area (Å²) in [4.78, 5) is 0.534. The van der Waals surface area contributed by atoms with Gasteiger partial charge in [-0.15, -0.1) is 0 Å². The lowest BCUT2D eigenvalue weighted by Gasteiger charge is -2.26. The van der Waals surface area contributed by atoms with Crippen LogP contribution >= 0.6 is 0 Å². The minimum Gasteiger partial charge on any atom is -0.307 e. The van der Waals surface area contributed by atoms with Crippen molar-refractivity contribution in [1.82, 2.24) is 5.32 Å². The average molecular weight is 279 g/mol. The van der Waals surface area contributed by atoms with Crippen LogP contribution in [-0.4, -0.2) is 20.2 Å². The van der Waals surface area contributed by atoms with Crippen molar-refractivity contribution >= 4 is 9.84 Å². The van der Waals surface area contributed by atoms with Crippen molar-refractivity contribution < 1.29 is 8.42 Å². The summed E-state index contributed by atoms with van der Waals surface area (Å²) in [6, 6.07) is 8.27. The molecule has 2 aliphatic rings. The maximum absolute atomic E-state index is 12.1. The Morgan fingerprint density at radius 3 is 2.89 bits per heavy atom. The lowest BCUT2D eigenvalue weighted by atomic mass is 10.0. The number of benzene rings is 1. The lowest BCUT2D eigenvalue weighted by molar-refractivity contribution is 0.470. The lowest BCUT2D eigenvalue weighted by Crippen LogP contribution is -2.31. The molecule has 0 bridgehead atoms. The molecule has 1 fully saturated rings. The molecule has 0 saturated heterocycles. The molecule has 1 N–H and O–H groups in total. The molecule has 0 spiro atoms. The highest BCUT2D eigenvalue weighted by Gasteiger charge is 2.39. The highest BCUT2D eigenvalue weighted by Crippen LogP contribution is 2.39. The number of nitrogens with one attached hydrogen (secondary N) is 1. The molecule has 3 atom stereocenters. The maximum Gasteiger partial charge on any atom is 0.178 e. The molecule has 19 heavy (non-hydrogen) atoms. The van der Waals surface area contributed by atoms with E-state index in [1.54, 1.807) is 6.07 Å². The van der Waals surface area contributed by atoms with Crippen LogP contribution in [0.15, 0.2) is 29.2 Å². The van der Waals surface area contributed by atoms with Crippen LogP contribution in [0, 0.1) is 5.92 Å². The first-order valence-corrected chi connectivity index (χ1v) is 8.85. The van der Waals surface area contributed by atoms with E-state index in [2.05, 4.69) is 12.2 Å². The molecule has 1 aromatic rings. The van der Waals surface area contributed by atoms with Gasteiger partial charge in [0.1, 0.15) is 0 Å². The summed E-state index contributed by atoms with van der Waals surface area (Å²) in [5.41, 5.74) is 0.968. The first kappa shape index (κ1) is 13.1. The van der Waals surface area contributed by atoms with Crippen molar-refractivity contribution in [2.75, 3.05) is 5.75 Å². The molecule has 1 aromatic carbocycles. The molecule has 0 amide bonds. The molecular weight excluding hydrogens is 258 g/mol. The van der Waals surface area contributed by atoms with Crippen LogP contribution in [0.4, 0.5) is 0 Å². The fraction of sp³-hybridized carbons (Fsp3) is 0.600. The summed E-state index contributed by atoms with van der Waals surface area (Å²) in [5.74, 6) is 1.07. The van der Waals surface area contributed by atoms with Gasteiger partial charge in [-0.2, -0.15) is 0 Å². The Balaban J connectivity index is 1.78. The Kier molecular flexibility index (Phi) is 3.39. The molecule has 0 radical (unpaired) electrons. The predicted octanol–water partition coefficient (Wildman–Crippen LogP) is 2.68. The first-order chi connectivity index (χ1) is 9.12. The molecule has 1 aliphatic heterocycles. The molecule has 1 heterocycles. The molecule has 4 heteroatoms. The summed E-state index contributed by atoms with van der Waals surface area (Å²) in [6.07, 6.45) is 4.47. The summed E-state index contributed by atoms with van der Waals surface area (Å²) in [7, 11) is -3.05.